The number of aromatic carboxylic acids is 3. The Morgan fingerprint density at radius 3 is 0.964 bits per heavy atom. The number of hydrogen-bond donors (Lipinski definition) is 8. The van der Waals surface area contributed by atoms with Crippen LogP contribution in [0.5, 0.6) is 0 Å². The molecular formula is C115H88Cl3FN8O13. The van der Waals surface area contributed by atoms with Crippen molar-refractivity contribution in [3.63, 3.8) is 0 Å². The van der Waals surface area contributed by atoms with E-state index < -0.39 is 45.5 Å². The third-order valence-corrected chi connectivity index (χ3v) is 30.3. The number of anilines is 5. The van der Waals surface area contributed by atoms with E-state index in [0.29, 0.717) is 81.9 Å². The minimum Gasteiger partial charge on any atom is -0.481 e. The summed E-state index contributed by atoms with van der Waals surface area (Å²) in [5.41, 5.74) is 24.9. The fourth-order valence-corrected chi connectivity index (χ4v) is 22.4. The first-order chi connectivity index (χ1) is 67.6. The number of amides is 4. The molecule has 8 N–H and O–H groups in total. The molecule has 0 bridgehead atoms. The summed E-state index contributed by atoms with van der Waals surface area (Å²) in [7, 11) is 0. The van der Waals surface area contributed by atoms with E-state index in [1.54, 1.807) is 88.3 Å². The smallest absolute Gasteiger partial charge is 0.335 e. The monoisotopic (exact) mass is 1910 g/mol. The first-order valence-electron chi connectivity index (χ1n) is 46.0. The molecule has 15 aromatic rings. The van der Waals surface area contributed by atoms with Gasteiger partial charge in [0.05, 0.1) is 73.1 Å². The first kappa shape index (κ1) is 90.9. The SMILES string of the molecule is Cc1ccc(C2CC23C(=O)Nc2cc(Cl)c(-c4ccc(-c5ccncc5)cc4)cc23)cc1C(=O)O.Cc1ccc(C2CC23C(=O)Nc2cc(Cl)c(-c4ccc(-c5ccncc5)cc4)cc23)cc1C(=O)O.Cc1ccc(C2CC23C(=O)Nc2cc(F)c(-c4ccc(N5CCOCC5)cc4)cc23)cc1C(=O)O.O=C(O)Cc1cccc(C2CC23C(=O)Nc2cc(Cl)c(-c4ccc(-c5ccncc5)cc4)cc23)c1. The normalized spacial score (nSPS) is 20.6. The molecule has 8 unspecified atom stereocenters. The molecule has 4 aliphatic carbocycles. The topological polar surface area (TPSA) is 317 Å². The van der Waals surface area contributed by atoms with Crippen LogP contribution in [0.1, 0.15) is 147 Å². The van der Waals surface area contributed by atoms with Crippen molar-refractivity contribution in [3.8, 4) is 77.9 Å². The van der Waals surface area contributed by atoms with Crippen LogP contribution >= 0.6 is 34.8 Å². The summed E-state index contributed by atoms with van der Waals surface area (Å²) < 4.78 is 20.6. The highest BCUT2D eigenvalue weighted by atomic mass is 35.5. The fourth-order valence-electron chi connectivity index (χ4n) is 21.5. The fraction of sp³-hybridized carbons (Fsp3) is 0.174. The number of fused-ring (bicyclic) bond motifs is 8. The molecular weight excluding hydrogens is 1830 g/mol. The number of ether oxygens (including phenoxy) is 1. The lowest BCUT2D eigenvalue weighted by Gasteiger charge is -2.29. The van der Waals surface area contributed by atoms with Crippen molar-refractivity contribution in [3.05, 3.63) is 402 Å². The molecule has 21 nitrogen and oxygen atoms in total. The van der Waals surface area contributed by atoms with Crippen LogP contribution in [0.4, 0.5) is 32.8 Å². The molecule has 1 saturated heterocycles. The van der Waals surface area contributed by atoms with Crippen LogP contribution in [0.2, 0.25) is 15.1 Å². The number of morpholine rings is 1. The molecule has 4 amide bonds. The van der Waals surface area contributed by atoms with Gasteiger partial charge in [-0.25, -0.2) is 18.8 Å². The van der Waals surface area contributed by atoms with Crippen molar-refractivity contribution in [1.29, 1.82) is 0 Å². The van der Waals surface area contributed by atoms with Crippen molar-refractivity contribution in [2.45, 2.75) is 98.2 Å². The number of carboxylic acids is 4. The molecule has 8 heterocycles. The number of nitrogens with one attached hydrogen (secondary N) is 4. The molecule has 3 aromatic heterocycles. The van der Waals surface area contributed by atoms with Gasteiger partial charge in [-0.15, -0.1) is 0 Å². The average Bonchev–Trinajstić information content (AvgIpc) is 1.53. The maximum atomic E-state index is 15.1. The largest absolute Gasteiger partial charge is 0.481 e. The summed E-state index contributed by atoms with van der Waals surface area (Å²) in [5.74, 6) is -4.77. The number of aromatic nitrogens is 3. The number of carbonyl (C=O) groups is 8. The first-order valence-corrected chi connectivity index (χ1v) is 47.1. The molecule has 694 valence electrons. The van der Waals surface area contributed by atoms with Crippen LogP contribution < -0.4 is 26.2 Å². The van der Waals surface area contributed by atoms with Gasteiger partial charge in [-0.3, -0.25) is 38.9 Å². The van der Waals surface area contributed by atoms with Gasteiger partial charge in [0.1, 0.15) is 5.82 Å². The second-order valence-corrected chi connectivity index (χ2v) is 38.5. The predicted molar refractivity (Wildman–Crippen MR) is 538 cm³/mol. The minimum atomic E-state index is -0.986. The number of rotatable bonds is 17. The van der Waals surface area contributed by atoms with Crippen LogP contribution in [-0.4, -0.2) is 109 Å². The highest BCUT2D eigenvalue weighted by Gasteiger charge is 2.69. The van der Waals surface area contributed by atoms with Gasteiger partial charge in [-0.2, -0.15) is 0 Å². The summed E-state index contributed by atoms with van der Waals surface area (Å²) in [6.45, 7) is 8.36. The van der Waals surface area contributed by atoms with Crippen LogP contribution in [0.25, 0.3) is 77.9 Å². The summed E-state index contributed by atoms with van der Waals surface area (Å²) in [5, 5.41) is 51.4. The van der Waals surface area contributed by atoms with Crippen molar-refractivity contribution in [2.24, 2.45) is 0 Å². The molecule has 25 heteroatoms. The third-order valence-electron chi connectivity index (χ3n) is 29.4. The van der Waals surface area contributed by atoms with Gasteiger partial charge < -0.3 is 51.3 Å². The number of halogens is 4. The maximum absolute atomic E-state index is 15.1. The van der Waals surface area contributed by atoms with E-state index in [1.807, 2.05) is 212 Å². The number of hydrogen-bond acceptors (Lipinski definition) is 13. The summed E-state index contributed by atoms with van der Waals surface area (Å²) >= 11 is 20.0. The van der Waals surface area contributed by atoms with E-state index in [0.717, 1.165) is 158 Å². The van der Waals surface area contributed by atoms with E-state index in [2.05, 4.69) is 53.3 Å². The zero-order valence-electron chi connectivity index (χ0n) is 75.7. The van der Waals surface area contributed by atoms with Gasteiger partial charge >= 0.3 is 23.9 Å². The second-order valence-electron chi connectivity index (χ2n) is 37.3. The Labute approximate surface area is 819 Å². The van der Waals surface area contributed by atoms with Crippen molar-refractivity contribution in [1.82, 2.24) is 15.0 Å². The quantitative estimate of drug-likeness (QED) is 0.0420. The minimum absolute atomic E-state index is 0.000543. The van der Waals surface area contributed by atoms with E-state index in [4.69, 9.17) is 44.6 Å². The lowest BCUT2D eigenvalue weighted by atomic mass is 9.89. The van der Waals surface area contributed by atoms with Crippen molar-refractivity contribution in [2.75, 3.05) is 52.5 Å². The van der Waals surface area contributed by atoms with E-state index in [9.17, 15) is 53.7 Å². The number of carbonyl (C=O) groups excluding carboxylic acids is 4. The van der Waals surface area contributed by atoms with Crippen LogP contribution in [0.3, 0.4) is 0 Å². The molecule has 4 saturated carbocycles. The highest BCUT2D eigenvalue weighted by Crippen LogP contribution is 2.70. The van der Waals surface area contributed by atoms with Gasteiger partial charge in [-0.1, -0.05) is 180 Å². The number of nitrogens with zero attached hydrogens (tertiary/aromatic N) is 4. The average molecular weight is 1920 g/mol. The van der Waals surface area contributed by atoms with Crippen LogP contribution in [0.15, 0.2) is 298 Å². The summed E-state index contributed by atoms with van der Waals surface area (Å²) in [6.07, 6.45) is 13.1. The molecule has 8 atom stereocenters. The van der Waals surface area contributed by atoms with Crippen molar-refractivity contribution >= 4 is 111 Å². The number of carboxylic acid groups (broad SMARTS) is 4. The van der Waals surface area contributed by atoms with Gasteiger partial charge in [-0.05, 0) is 284 Å². The number of benzene rings is 12. The van der Waals surface area contributed by atoms with Crippen LogP contribution in [-0.2, 0) is 56.8 Å². The number of pyridine rings is 3. The van der Waals surface area contributed by atoms with E-state index in [1.165, 1.54) is 6.07 Å². The lowest BCUT2D eigenvalue weighted by molar-refractivity contribution is -0.136. The molecule has 140 heavy (non-hydrogen) atoms. The molecule has 5 aliphatic heterocycles. The standard InChI is InChI=1S/3C29H21ClN2O3.C28H25FN2O4/c2*1-16-2-3-20(12-21(16)27(33)34)24-15-29(24)23-13-22(25(30)14-26(23)32-28(29)35)19-6-4-17(5-7-19)18-8-10-31-11-9-18;30-25-15-26-23(14-22(25)20-6-4-18(5-7-20)19-8-10-31-11-9-19)29(28(35)32-26)16-24(29)21-3-1-2-17(12-21)13-27(33)34;1-16-2-3-18(12-20(16)26(32)33)23-15-28(23)22-13-21(24(29)14-25(22)30-27(28)34)17-4-6-19(7-5-17)31-8-10-35-11-9-31/h2*2-14,24H,15H2,1H3,(H,32,35)(H,33,34);1-12,14-15,24H,13,16H2,(H,32,35)(H,33,34);2-7,12-14,23H,8-11,15H2,1H3,(H,30,34)(H,32,33). The van der Waals surface area contributed by atoms with Crippen LogP contribution in [0, 0.1) is 26.6 Å². The Balaban J connectivity index is 0.000000111. The summed E-state index contributed by atoms with van der Waals surface area (Å²) in [6, 6.07) is 82.7. The number of aryl methyl sites for hydroxylation is 3. The van der Waals surface area contributed by atoms with E-state index in [-0.39, 0.29) is 76.2 Å². The predicted octanol–water partition coefficient (Wildman–Crippen LogP) is 23.7. The molecule has 9 aliphatic rings. The van der Waals surface area contributed by atoms with E-state index >= 15 is 4.39 Å². The molecule has 5 fully saturated rings. The van der Waals surface area contributed by atoms with Gasteiger partial charge in [0.25, 0.3) is 0 Å². The van der Waals surface area contributed by atoms with Crippen molar-refractivity contribution < 1.29 is 67.9 Å². The number of aliphatic carboxylic acids is 1. The molecule has 0 radical (unpaired) electrons. The van der Waals surface area contributed by atoms with Gasteiger partial charge in [0.2, 0.25) is 23.6 Å². The zero-order chi connectivity index (χ0) is 97.1. The molecule has 12 aromatic carbocycles. The highest BCUT2D eigenvalue weighted by molar-refractivity contribution is 6.35. The Hall–Kier alpha value is -15.6. The second kappa shape index (κ2) is 35.8. The zero-order valence-corrected chi connectivity index (χ0v) is 78.0. The molecule has 4 spiro atoms. The van der Waals surface area contributed by atoms with Gasteiger partial charge in [0.15, 0.2) is 0 Å². The van der Waals surface area contributed by atoms with Gasteiger partial charge in [0, 0.05) is 125 Å². The molecule has 24 rings (SSSR count). The lowest BCUT2D eigenvalue weighted by Crippen LogP contribution is -2.36. The summed E-state index contributed by atoms with van der Waals surface area (Å²) in [4.78, 5) is 113. The Morgan fingerprint density at radius 2 is 0.643 bits per heavy atom. The Morgan fingerprint density at radius 1 is 0.357 bits per heavy atom. The third kappa shape index (κ3) is 16.2. The maximum Gasteiger partial charge on any atom is 0.335 e. The Kier molecular flexibility index (Phi) is 23.2. The Bertz CT molecular complexity index is 7450.